The average Bonchev–Trinajstić information content (AvgIpc) is 3.90. The molecule has 0 bridgehead atoms. The average molecular weight is 1000 g/mol. The molecule has 77 heavy (non-hydrogen) atoms. The fraction of sp³-hybridized carbons (Fsp3) is 0.260. The third kappa shape index (κ3) is 8.33. The molecule has 0 amide bonds. The second-order valence-corrected chi connectivity index (χ2v) is 26.7. The first-order valence-electron chi connectivity index (χ1n) is 28.0. The van der Waals surface area contributed by atoms with Crippen molar-refractivity contribution >= 4 is 74.3 Å². The molecule has 0 N–H and O–H groups in total. The van der Waals surface area contributed by atoms with Crippen LogP contribution < -0.4 is 31.1 Å². The molecule has 2 heterocycles. The summed E-state index contributed by atoms with van der Waals surface area (Å²) in [7, 11) is 0. The molecule has 12 rings (SSSR count). The van der Waals surface area contributed by atoms with Crippen LogP contribution >= 0.6 is 0 Å². The lowest BCUT2D eigenvalue weighted by Crippen LogP contribution is -2.61. The Bertz CT molecular complexity index is 3760. The van der Waals surface area contributed by atoms with Gasteiger partial charge in [0.05, 0.1) is 11.4 Å². The van der Waals surface area contributed by atoms with Gasteiger partial charge in [0.1, 0.15) is 0 Å². The molecule has 0 saturated heterocycles. The van der Waals surface area contributed by atoms with Crippen molar-refractivity contribution in [2.45, 2.75) is 124 Å². The highest BCUT2D eigenvalue weighted by molar-refractivity contribution is 7.00. The van der Waals surface area contributed by atoms with Crippen molar-refractivity contribution in [2.24, 2.45) is 0 Å². The SMILES string of the molecule is CC(C)(C)c1ccc(-c2ccccc2N(c2ccccc2)c2ccc3c(c2)N(c2cccc4c2C(C)(C)c2ccccc2-4)c2cc(C(C)(C)C)cc4c2B3c2cc(C(C)(C)C)ccc2N4c2ccc(C(C)(C)C)cc2)cc1. The van der Waals surface area contributed by atoms with Gasteiger partial charge in [0.15, 0.2) is 0 Å². The van der Waals surface area contributed by atoms with Crippen LogP contribution in [0.25, 0.3) is 22.3 Å². The minimum atomic E-state index is -0.272. The molecule has 0 fully saturated rings. The number of fused-ring (bicyclic) bond motifs is 7. The van der Waals surface area contributed by atoms with Gasteiger partial charge in [0, 0.05) is 50.8 Å². The van der Waals surface area contributed by atoms with Crippen LogP contribution in [0.3, 0.4) is 0 Å². The summed E-state index contributed by atoms with van der Waals surface area (Å²) in [5.74, 6) is 0. The highest BCUT2D eigenvalue weighted by Gasteiger charge is 2.47. The zero-order chi connectivity index (χ0) is 54.1. The summed E-state index contributed by atoms with van der Waals surface area (Å²) < 4.78 is 0. The molecule has 1 aliphatic carbocycles. The molecule has 0 aromatic heterocycles. The first-order valence-corrected chi connectivity index (χ1v) is 28.0. The number of anilines is 9. The van der Waals surface area contributed by atoms with E-state index in [0.29, 0.717) is 0 Å². The lowest BCUT2D eigenvalue weighted by molar-refractivity contribution is 0.589. The van der Waals surface area contributed by atoms with Crippen LogP contribution in [0.5, 0.6) is 0 Å². The lowest BCUT2D eigenvalue weighted by atomic mass is 9.33. The predicted octanol–water partition coefficient (Wildman–Crippen LogP) is 18.4. The maximum atomic E-state index is 2.69. The molecule has 4 heteroatoms. The Morgan fingerprint density at radius 1 is 0.377 bits per heavy atom. The number of nitrogens with zero attached hydrogens (tertiary/aromatic N) is 3. The standard InChI is InChI=1S/C73H74BN3/c1-69(2,3)48-33-31-47(32-34-48)55-25-19-21-29-61(55)75(52-23-16-15-17-24-52)54-40-41-59-64(46-54)77(63-30-22-27-57-56-26-18-20-28-58(56)73(13,14)67(57)63)66-45-51(72(10,11)12)44-65-68(66)74(59)60-43-50(71(7,8)9)37-42-62(60)76(65)53-38-35-49(36-39-53)70(4,5)6/h15-46H,1-14H3. The zero-order valence-corrected chi connectivity index (χ0v) is 47.9. The molecule has 2 aliphatic heterocycles. The van der Waals surface area contributed by atoms with E-state index < -0.39 is 0 Å². The zero-order valence-electron chi connectivity index (χ0n) is 47.9. The Hall–Kier alpha value is -7.56. The van der Waals surface area contributed by atoms with E-state index in [9.17, 15) is 0 Å². The first-order chi connectivity index (χ1) is 36.5. The third-order valence-corrected chi connectivity index (χ3v) is 17.1. The summed E-state index contributed by atoms with van der Waals surface area (Å²) in [6.07, 6.45) is 0. The maximum Gasteiger partial charge on any atom is 0.252 e. The van der Waals surface area contributed by atoms with Crippen LogP contribution in [-0.4, -0.2) is 6.71 Å². The Kier molecular flexibility index (Phi) is 11.6. The van der Waals surface area contributed by atoms with Gasteiger partial charge in [-0.3, -0.25) is 0 Å². The van der Waals surface area contributed by atoms with E-state index in [-0.39, 0.29) is 33.8 Å². The number of rotatable bonds is 6. The monoisotopic (exact) mass is 1000 g/mol. The van der Waals surface area contributed by atoms with Crippen molar-refractivity contribution in [1.82, 2.24) is 0 Å². The van der Waals surface area contributed by atoms with Gasteiger partial charge in [-0.05, 0) is 155 Å². The van der Waals surface area contributed by atoms with Gasteiger partial charge >= 0.3 is 0 Å². The quantitative estimate of drug-likeness (QED) is 0.154. The number of hydrogen-bond acceptors (Lipinski definition) is 3. The van der Waals surface area contributed by atoms with Gasteiger partial charge in [0.25, 0.3) is 6.71 Å². The van der Waals surface area contributed by atoms with Crippen molar-refractivity contribution in [3.8, 4) is 22.3 Å². The molecule has 0 radical (unpaired) electrons. The van der Waals surface area contributed by atoms with Crippen molar-refractivity contribution in [3.63, 3.8) is 0 Å². The normalized spacial score (nSPS) is 14.4. The van der Waals surface area contributed by atoms with Crippen molar-refractivity contribution in [3.05, 3.63) is 228 Å². The molecule has 0 spiro atoms. The molecule has 0 atom stereocenters. The molecule has 0 saturated carbocycles. The molecular formula is C73H74BN3. The van der Waals surface area contributed by atoms with Crippen LogP contribution in [0.1, 0.15) is 130 Å². The second-order valence-electron chi connectivity index (χ2n) is 26.7. The summed E-state index contributed by atoms with van der Waals surface area (Å²) in [4.78, 5) is 7.77. The van der Waals surface area contributed by atoms with E-state index in [0.717, 1.165) is 17.1 Å². The van der Waals surface area contributed by atoms with Gasteiger partial charge in [-0.1, -0.05) is 224 Å². The lowest BCUT2D eigenvalue weighted by Gasteiger charge is -2.46. The fourth-order valence-electron chi connectivity index (χ4n) is 12.7. The molecule has 9 aromatic carbocycles. The van der Waals surface area contributed by atoms with E-state index >= 15 is 0 Å². The summed E-state index contributed by atoms with van der Waals surface area (Å²) in [6.45, 7) is 32.8. The van der Waals surface area contributed by atoms with Crippen molar-refractivity contribution in [1.29, 1.82) is 0 Å². The molecule has 9 aromatic rings. The van der Waals surface area contributed by atoms with E-state index in [1.807, 2.05) is 0 Å². The Labute approximate surface area is 460 Å². The van der Waals surface area contributed by atoms with Crippen molar-refractivity contribution in [2.75, 3.05) is 14.7 Å². The minimum absolute atomic E-state index is 0.0265. The molecule has 0 unspecified atom stereocenters. The topological polar surface area (TPSA) is 9.72 Å². The van der Waals surface area contributed by atoms with Crippen molar-refractivity contribution < 1.29 is 0 Å². The Balaban J connectivity index is 1.18. The smallest absolute Gasteiger partial charge is 0.252 e. The van der Waals surface area contributed by atoms with Gasteiger partial charge in [-0.25, -0.2) is 0 Å². The largest absolute Gasteiger partial charge is 0.311 e. The van der Waals surface area contributed by atoms with E-state index in [4.69, 9.17) is 0 Å². The number of para-hydroxylation sites is 2. The Morgan fingerprint density at radius 3 is 1.58 bits per heavy atom. The van der Waals surface area contributed by atoms with Gasteiger partial charge in [0.2, 0.25) is 0 Å². The van der Waals surface area contributed by atoms with Crippen LogP contribution in [0.15, 0.2) is 194 Å². The summed E-state index contributed by atoms with van der Waals surface area (Å²) in [5.41, 5.74) is 27.2. The van der Waals surface area contributed by atoms with Crippen LogP contribution in [0.4, 0.5) is 51.2 Å². The first kappa shape index (κ1) is 50.3. The van der Waals surface area contributed by atoms with E-state index in [1.165, 1.54) is 106 Å². The van der Waals surface area contributed by atoms with Crippen LogP contribution in [-0.2, 0) is 27.1 Å². The molecule has 3 aliphatic rings. The third-order valence-electron chi connectivity index (χ3n) is 17.1. The van der Waals surface area contributed by atoms with Gasteiger partial charge in [-0.15, -0.1) is 0 Å². The molecular weight excluding hydrogens is 930 g/mol. The summed E-state index contributed by atoms with van der Waals surface area (Å²) in [5, 5.41) is 0. The second kappa shape index (κ2) is 17.7. The minimum Gasteiger partial charge on any atom is -0.311 e. The van der Waals surface area contributed by atoms with Gasteiger partial charge < -0.3 is 14.7 Å². The summed E-state index contributed by atoms with van der Waals surface area (Å²) in [6, 6.07) is 74.5. The molecule has 3 nitrogen and oxygen atoms in total. The number of benzene rings is 9. The Morgan fingerprint density at radius 2 is 0.935 bits per heavy atom. The highest BCUT2D eigenvalue weighted by atomic mass is 15.2. The predicted molar refractivity (Wildman–Crippen MR) is 333 cm³/mol. The van der Waals surface area contributed by atoms with E-state index in [1.54, 1.807) is 0 Å². The van der Waals surface area contributed by atoms with Gasteiger partial charge in [-0.2, -0.15) is 0 Å². The van der Waals surface area contributed by atoms with E-state index in [2.05, 4.69) is 306 Å². The fourth-order valence-corrected chi connectivity index (χ4v) is 12.7. The maximum absolute atomic E-state index is 2.69. The summed E-state index contributed by atoms with van der Waals surface area (Å²) >= 11 is 0. The van der Waals surface area contributed by atoms with Crippen LogP contribution in [0, 0.1) is 0 Å². The highest BCUT2D eigenvalue weighted by Crippen LogP contribution is 2.56. The number of hydrogen-bond donors (Lipinski definition) is 0. The molecule has 384 valence electrons. The van der Waals surface area contributed by atoms with Crippen LogP contribution in [0.2, 0.25) is 0 Å².